The minimum absolute atomic E-state index is 0.228. The molecule has 0 unspecified atom stereocenters. The Balaban J connectivity index is 4.08. The zero-order valence-electron chi connectivity index (χ0n) is 6.92. The molecule has 0 heterocycles. The first-order valence-corrected chi connectivity index (χ1v) is 3.66. The largest absolute Gasteiger partial charge is 0.394 e. The van der Waals surface area contributed by atoms with E-state index in [1.807, 2.05) is 5.43 Å². The van der Waals surface area contributed by atoms with E-state index in [9.17, 15) is 4.79 Å². The van der Waals surface area contributed by atoms with Gasteiger partial charge in [-0.3, -0.25) is 16.1 Å². The van der Waals surface area contributed by atoms with Crippen LogP contribution >= 0.6 is 0 Å². The molecule has 3 atom stereocenters. The van der Waals surface area contributed by atoms with E-state index in [1.165, 1.54) is 0 Å². The predicted molar refractivity (Wildman–Crippen MR) is 42.3 cm³/mol. The molecule has 0 aliphatic rings. The third kappa shape index (κ3) is 3.77. The van der Waals surface area contributed by atoms with Gasteiger partial charge in [0.15, 0.2) is 5.78 Å². The summed E-state index contributed by atoms with van der Waals surface area (Å²) in [5.41, 5.74) is 2.03. The van der Waals surface area contributed by atoms with E-state index >= 15 is 0 Å². The van der Waals surface area contributed by atoms with Gasteiger partial charge in [-0.05, 0) is 0 Å². The maximum Gasteiger partial charge on any atom is 0.193 e. The molecular weight excluding hydrogens is 180 g/mol. The van der Waals surface area contributed by atoms with Gasteiger partial charge in [0.2, 0.25) is 0 Å². The molecule has 0 aromatic heterocycles. The Hall–Kier alpha value is -0.570. The number of hydrogen-bond acceptors (Lipinski definition) is 7. The highest BCUT2D eigenvalue weighted by Crippen LogP contribution is 1.98. The predicted octanol–water partition coefficient (Wildman–Crippen LogP) is -3.91. The molecule has 0 saturated carbocycles. The van der Waals surface area contributed by atoms with Crippen molar-refractivity contribution < 1.29 is 25.2 Å². The van der Waals surface area contributed by atoms with Gasteiger partial charge >= 0.3 is 0 Å². The number of aliphatic hydroxyl groups excluding tert-OH is 4. The van der Waals surface area contributed by atoms with E-state index in [-0.39, 0.29) is 6.54 Å². The van der Waals surface area contributed by atoms with Crippen LogP contribution in [0.3, 0.4) is 0 Å². The second kappa shape index (κ2) is 5.97. The van der Waals surface area contributed by atoms with Crippen molar-refractivity contribution >= 4 is 5.78 Å². The van der Waals surface area contributed by atoms with E-state index < -0.39 is 30.7 Å². The molecule has 7 nitrogen and oxygen atoms in total. The average molecular weight is 194 g/mol. The Labute approximate surface area is 74.8 Å². The molecule has 0 spiro atoms. The summed E-state index contributed by atoms with van der Waals surface area (Å²) in [6.07, 6.45) is -4.88. The molecule has 7 heteroatoms. The van der Waals surface area contributed by atoms with Crippen molar-refractivity contribution in [3.8, 4) is 0 Å². The smallest absolute Gasteiger partial charge is 0.193 e. The Kier molecular flexibility index (Phi) is 5.71. The molecule has 0 amide bonds. The molecule has 7 N–H and O–H groups in total. The Morgan fingerprint density at radius 3 is 2.31 bits per heavy atom. The first-order chi connectivity index (χ1) is 6.04. The van der Waals surface area contributed by atoms with Crippen LogP contribution in [0.1, 0.15) is 0 Å². The van der Waals surface area contributed by atoms with Crippen LogP contribution in [0.15, 0.2) is 0 Å². The van der Waals surface area contributed by atoms with Gasteiger partial charge in [-0.2, -0.15) is 0 Å². The van der Waals surface area contributed by atoms with Crippen LogP contribution in [0.5, 0.6) is 0 Å². The van der Waals surface area contributed by atoms with Crippen molar-refractivity contribution in [2.75, 3.05) is 13.2 Å². The maximum absolute atomic E-state index is 11.0. The third-order valence-electron chi connectivity index (χ3n) is 1.48. The molecule has 0 rings (SSSR count). The normalized spacial score (nSPS) is 17.9. The lowest BCUT2D eigenvalue weighted by atomic mass is 10.1. The van der Waals surface area contributed by atoms with Gasteiger partial charge in [0.1, 0.15) is 18.3 Å². The molecule has 78 valence electrons. The lowest BCUT2D eigenvalue weighted by molar-refractivity contribution is -0.142. The summed E-state index contributed by atoms with van der Waals surface area (Å²) >= 11 is 0. The molecule has 0 aromatic carbocycles. The van der Waals surface area contributed by atoms with Crippen LogP contribution in [-0.2, 0) is 4.79 Å². The zero-order chi connectivity index (χ0) is 10.4. The van der Waals surface area contributed by atoms with E-state index in [0.717, 1.165) is 0 Å². The number of hydrogen-bond donors (Lipinski definition) is 6. The van der Waals surface area contributed by atoms with Crippen molar-refractivity contribution in [2.45, 2.75) is 18.3 Å². The second-order valence-corrected chi connectivity index (χ2v) is 2.52. The summed E-state index contributed by atoms with van der Waals surface area (Å²) in [4.78, 5) is 11.0. The molecule has 0 radical (unpaired) electrons. The summed E-state index contributed by atoms with van der Waals surface area (Å²) in [5.74, 6) is 3.83. The quantitative estimate of drug-likeness (QED) is 0.188. The van der Waals surface area contributed by atoms with Crippen molar-refractivity contribution in [3.05, 3.63) is 0 Å². The standard InChI is InChI=1S/C6H14N2O5/c7-8-1-3(10)5(12)6(13)4(11)2-9/h3-4,6,8-11,13H,1-2,7H2/t3-,4+,6+/m0/s1. The van der Waals surface area contributed by atoms with Gasteiger partial charge < -0.3 is 20.4 Å². The fraction of sp³-hybridized carbons (Fsp3) is 0.833. The summed E-state index contributed by atoms with van der Waals surface area (Å²) in [7, 11) is 0. The molecule has 0 aromatic rings. The number of rotatable bonds is 6. The highest BCUT2D eigenvalue weighted by molar-refractivity contribution is 5.87. The van der Waals surface area contributed by atoms with Gasteiger partial charge in [-0.1, -0.05) is 0 Å². The molecule has 0 fully saturated rings. The van der Waals surface area contributed by atoms with Crippen LogP contribution in [0.25, 0.3) is 0 Å². The molecule has 0 saturated heterocycles. The average Bonchev–Trinajstić information content (AvgIpc) is 2.14. The minimum Gasteiger partial charge on any atom is -0.394 e. The van der Waals surface area contributed by atoms with Crippen LogP contribution in [0, 0.1) is 0 Å². The van der Waals surface area contributed by atoms with Crippen molar-refractivity contribution in [1.82, 2.24) is 5.43 Å². The van der Waals surface area contributed by atoms with Crippen molar-refractivity contribution in [3.63, 3.8) is 0 Å². The van der Waals surface area contributed by atoms with E-state index in [2.05, 4.69) is 0 Å². The SMILES string of the molecule is NNC[C@H](O)C(=O)[C@H](O)[C@H](O)CO. The van der Waals surface area contributed by atoms with Crippen LogP contribution in [0.2, 0.25) is 0 Å². The van der Waals surface area contributed by atoms with E-state index in [0.29, 0.717) is 0 Å². The molecule has 0 aliphatic carbocycles. The van der Waals surface area contributed by atoms with Crippen molar-refractivity contribution in [2.24, 2.45) is 5.84 Å². The number of nitrogens with two attached hydrogens (primary N) is 1. The van der Waals surface area contributed by atoms with Gasteiger partial charge in [0, 0.05) is 6.54 Å². The number of nitrogens with one attached hydrogen (secondary N) is 1. The third-order valence-corrected chi connectivity index (χ3v) is 1.48. The van der Waals surface area contributed by atoms with Crippen molar-refractivity contribution in [1.29, 1.82) is 0 Å². The number of hydrazine groups is 1. The lowest BCUT2D eigenvalue weighted by Gasteiger charge is -2.17. The first kappa shape index (κ1) is 12.4. The lowest BCUT2D eigenvalue weighted by Crippen LogP contribution is -2.46. The fourth-order valence-electron chi connectivity index (χ4n) is 0.699. The van der Waals surface area contributed by atoms with E-state index in [1.54, 1.807) is 0 Å². The van der Waals surface area contributed by atoms with Gasteiger partial charge in [-0.15, -0.1) is 0 Å². The summed E-state index contributed by atoms with van der Waals surface area (Å²) in [5, 5.41) is 35.2. The minimum atomic E-state index is -1.80. The Bertz CT molecular complexity index is 165. The second-order valence-electron chi connectivity index (χ2n) is 2.52. The number of carbonyl (C=O) groups excluding carboxylic acids is 1. The fourth-order valence-corrected chi connectivity index (χ4v) is 0.699. The topological polar surface area (TPSA) is 136 Å². The van der Waals surface area contributed by atoms with Crippen LogP contribution in [-0.4, -0.2) is 57.7 Å². The Morgan fingerprint density at radius 1 is 1.38 bits per heavy atom. The monoisotopic (exact) mass is 194 g/mol. The summed E-state index contributed by atoms with van der Waals surface area (Å²) in [6, 6.07) is 0. The zero-order valence-corrected chi connectivity index (χ0v) is 6.92. The van der Waals surface area contributed by atoms with Gasteiger partial charge in [0.25, 0.3) is 0 Å². The van der Waals surface area contributed by atoms with Gasteiger partial charge in [-0.25, -0.2) is 0 Å². The number of Topliss-reactive ketones (excluding diaryl/α,β-unsaturated/α-hetero) is 1. The number of aliphatic hydroxyl groups is 4. The summed E-state index contributed by atoms with van der Waals surface area (Å²) in [6.45, 7) is -0.982. The van der Waals surface area contributed by atoms with E-state index in [4.69, 9.17) is 26.3 Å². The number of ketones is 1. The number of carbonyl (C=O) groups is 1. The summed E-state index contributed by atoms with van der Waals surface area (Å²) < 4.78 is 0. The first-order valence-electron chi connectivity index (χ1n) is 3.66. The van der Waals surface area contributed by atoms with Crippen LogP contribution in [0.4, 0.5) is 0 Å². The molecule has 13 heavy (non-hydrogen) atoms. The highest BCUT2D eigenvalue weighted by atomic mass is 16.4. The Morgan fingerprint density at radius 2 is 1.92 bits per heavy atom. The molecular formula is C6H14N2O5. The van der Waals surface area contributed by atoms with Crippen LogP contribution < -0.4 is 11.3 Å². The molecule has 0 bridgehead atoms. The van der Waals surface area contributed by atoms with Gasteiger partial charge in [0.05, 0.1) is 6.61 Å². The molecule has 0 aliphatic heterocycles. The highest BCUT2D eigenvalue weighted by Gasteiger charge is 2.28. The maximum atomic E-state index is 11.0.